The first-order valence-electron chi connectivity index (χ1n) is 8.45. The van der Waals surface area contributed by atoms with Crippen LogP contribution in [0.3, 0.4) is 0 Å². The van der Waals surface area contributed by atoms with Crippen LogP contribution in [0.2, 0.25) is 0 Å². The Labute approximate surface area is 153 Å². The van der Waals surface area contributed by atoms with Gasteiger partial charge in [-0.15, -0.1) is 0 Å². The summed E-state index contributed by atoms with van der Waals surface area (Å²) < 4.78 is 0. The van der Waals surface area contributed by atoms with Crippen molar-refractivity contribution in [3.8, 4) is 0 Å². The summed E-state index contributed by atoms with van der Waals surface area (Å²) in [6.07, 6.45) is 7.39. The fourth-order valence-corrected chi connectivity index (χ4v) is 3.23. The number of fused-ring (bicyclic) bond motifs is 8. The predicted octanol–water partition coefficient (Wildman–Crippen LogP) is 4.35. The second kappa shape index (κ2) is 5.81. The van der Waals surface area contributed by atoms with E-state index in [1.54, 1.807) is 18.2 Å². The largest absolute Gasteiger partial charge is 0.478 e. The summed E-state index contributed by atoms with van der Waals surface area (Å²) in [5.74, 6) is -1.03. The number of carboxylic acids is 1. The predicted molar refractivity (Wildman–Crippen MR) is 106 cm³/mol. The second-order valence-electron chi connectivity index (χ2n) is 6.36. The topological polar surface area (TPSA) is 94.7 Å². The van der Waals surface area contributed by atoms with Gasteiger partial charge in [-0.05, 0) is 66.8 Å². The average molecular weight is 354 g/mol. The normalized spacial score (nSPS) is 12.4. The molecule has 3 N–H and O–H groups in total. The highest BCUT2D eigenvalue weighted by atomic mass is 16.4. The van der Waals surface area contributed by atoms with Crippen LogP contribution in [0, 0.1) is 0 Å². The number of aromatic carboxylic acids is 1. The molecule has 0 saturated carbocycles. The molecule has 0 aromatic carbocycles. The molecule has 27 heavy (non-hydrogen) atoms. The molecule has 8 bridgehead atoms. The zero-order valence-electron chi connectivity index (χ0n) is 14.1. The highest BCUT2D eigenvalue weighted by molar-refractivity contribution is 6.00. The average Bonchev–Trinajstić information content (AvgIpc) is 3.39. The van der Waals surface area contributed by atoms with Crippen LogP contribution in [-0.2, 0) is 0 Å². The Balaban J connectivity index is 1.90. The fourth-order valence-electron chi connectivity index (χ4n) is 3.23. The summed E-state index contributed by atoms with van der Waals surface area (Å²) in [6, 6.07) is 13.2. The van der Waals surface area contributed by atoms with Crippen LogP contribution in [0.15, 0.2) is 42.5 Å². The molecule has 130 valence electrons. The summed E-state index contributed by atoms with van der Waals surface area (Å²) >= 11 is 0. The van der Waals surface area contributed by atoms with Gasteiger partial charge in [0.15, 0.2) is 0 Å². The van der Waals surface area contributed by atoms with Crippen molar-refractivity contribution in [3.63, 3.8) is 0 Å². The van der Waals surface area contributed by atoms with Gasteiger partial charge in [0, 0.05) is 16.6 Å². The van der Waals surface area contributed by atoms with E-state index in [0.29, 0.717) is 16.9 Å². The Bertz CT molecular complexity index is 1310. The molecule has 6 heteroatoms. The molecule has 2 aliphatic rings. The van der Waals surface area contributed by atoms with Crippen LogP contribution >= 0.6 is 0 Å². The maximum Gasteiger partial charge on any atom is 0.340 e. The molecular formula is C21H14N4O2. The van der Waals surface area contributed by atoms with Crippen LogP contribution in [0.1, 0.15) is 33.1 Å². The minimum Gasteiger partial charge on any atom is -0.478 e. The van der Waals surface area contributed by atoms with Gasteiger partial charge in [-0.2, -0.15) is 0 Å². The summed E-state index contributed by atoms with van der Waals surface area (Å²) in [5.41, 5.74) is 5.99. The van der Waals surface area contributed by atoms with Gasteiger partial charge < -0.3 is 15.1 Å². The summed E-state index contributed by atoms with van der Waals surface area (Å²) in [6.45, 7) is 0. The zero-order valence-corrected chi connectivity index (χ0v) is 14.1. The molecular weight excluding hydrogens is 340 g/mol. The van der Waals surface area contributed by atoms with Crippen molar-refractivity contribution < 1.29 is 9.90 Å². The maximum absolute atomic E-state index is 11.9. The molecule has 3 aromatic rings. The molecule has 0 radical (unpaired) electrons. The number of hydrogen-bond acceptors (Lipinski definition) is 3. The van der Waals surface area contributed by atoms with Crippen molar-refractivity contribution in [1.82, 2.24) is 19.9 Å². The molecule has 5 rings (SSSR count). The first-order chi connectivity index (χ1) is 13.1. The Morgan fingerprint density at radius 2 is 1.30 bits per heavy atom. The molecule has 0 spiro atoms. The first-order valence-corrected chi connectivity index (χ1v) is 8.45. The molecule has 0 saturated heterocycles. The van der Waals surface area contributed by atoms with E-state index in [-0.39, 0.29) is 5.56 Å². The summed E-state index contributed by atoms with van der Waals surface area (Å²) in [5, 5.41) is 9.72. The number of aromatic nitrogens is 4. The van der Waals surface area contributed by atoms with E-state index in [1.807, 2.05) is 48.6 Å². The van der Waals surface area contributed by atoms with Gasteiger partial charge in [0.05, 0.1) is 28.3 Å². The van der Waals surface area contributed by atoms with E-state index in [4.69, 9.17) is 0 Å². The van der Waals surface area contributed by atoms with Crippen LogP contribution in [0.5, 0.6) is 0 Å². The van der Waals surface area contributed by atoms with Crippen molar-refractivity contribution in [2.45, 2.75) is 0 Å². The van der Waals surface area contributed by atoms with E-state index in [9.17, 15) is 9.90 Å². The van der Waals surface area contributed by atoms with Crippen LogP contribution < -0.4 is 0 Å². The van der Waals surface area contributed by atoms with Gasteiger partial charge in [-0.3, -0.25) is 0 Å². The summed E-state index contributed by atoms with van der Waals surface area (Å²) in [7, 11) is 0. The third-order valence-corrected chi connectivity index (χ3v) is 4.43. The lowest BCUT2D eigenvalue weighted by Gasteiger charge is -1.95. The van der Waals surface area contributed by atoms with Crippen molar-refractivity contribution in [3.05, 3.63) is 70.8 Å². The van der Waals surface area contributed by atoms with Gasteiger partial charge in [-0.25, -0.2) is 14.8 Å². The third kappa shape index (κ3) is 2.83. The second-order valence-corrected chi connectivity index (χ2v) is 6.36. The lowest BCUT2D eigenvalue weighted by atomic mass is 10.2. The number of carbonyl (C=O) groups is 1. The number of nitrogens with one attached hydrogen (secondary N) is 2. The van der Waals surface area contributed by atoms with E-state index < -0.39 is 5.97 Å². The molecule has 0 fully saturated rings. The quantitative estimate of drug-likeness (QED) is 0.417. The number of rotatable bonds is 1. The minimum atomic E-state index is -1.03. The molecule has 0 unspecified atom stereocenters. The highest BCUT2D eigenvalue weighted by Gasteiger charge is 2.14. The van der Waals surface area contributed by atoms with Gasteiger partial charge in [0.2, 0.25) is 0 Å². The zero-order chi connectivity index (χ0) is 18.4. The smallest absolute Gasteiger partial charge is 0.340 e. The lowest BCUT2D eigenvalue weighted by Crippen LogP contribution is -2.00. The van der Waals surface area contributed by atoms with Gasteiger partial charge in [-0.1, -0.05) is 0 Å². The first kappa shape index (κ1) is 15.3. The number of nitrogens with zero attached hydrogens (tertiary/aromatic N) is 2. The fraction of sp³-hybridized carbons (Fsp3) is 0. The maximum atomic E-state index is 11.9. The summed E-state index contributed by atoms with van der Waals surface area (Å²) in [4.78, 5) is 27.4. The Morgan fingerprint density at radius 1 is 0.741 bits per heavy atom. The van der Waals surface area contributed by atoms with Crippen LogP contribution in [-0.4, -0.2) is 31.0 Å². The number of carboxylic acid groups (broad SMARTS) is 1. The Kier molecular flexibility index (Phi) is 3.30. The van der Waals surface area contributed by atoms with E-state index in [2.05, 4.69) is 19.9 Å². The molecule has 5 heterocycles. The van der Waals surface area contributed by atoms with Gasteiger partial charge in [0.25, 0.3) is 0 Å². The number of hydrogen-bond donors (Lipinski definition) is 3. The number of H-pyrrole nitrogens is 2. The molecule has 0 aliphatic carbocycles. The Hall–Kier alpha value is -3.93. The minimum absolute atomic E-state index is 0.137. The third-order valence-electron chi connectivity index (χ3n) is 4.43. The SMILES string of the molecule is O=C(O)c1c2nc(cc3ccc(cc4nc(cc5ccc1[nH]5)C=C4)[nH]3)C=C2. The lowest BCUT2D eigenvalue weighted by molar-refractivity contribution is 0.0698. The van der Waals surface area contributed by atoms with Gasteiger partial charge in [0.1, 0.15) is 5.56 Å². The van der Waals surface area contributed by atoms with E-state index >= 15 is 0 Å². The van der Waals surface area contributed by atoms with E-state index in [1.165, 1.54) is 0 Å². The van der Waals surface area contributed by atoms with Gasteiger partial charge >= 0.3 is 5.97 Å². The Morgan fingerprint density at radius 3 is 1.96 bits per heavy atom. The molecule has 0 amide bonds. The van der Waals surface area contributed by atoms with Crippen molar-refractivity contribution in [1.29, 1.82) is 0 Å². The van der Waals surface area contributed by atoms with Crippen LogP contribution in [0.4, 0.5) is 0 Å². The van der Waals surface area contributed by atoms with Crippen LogP contribution in [0.25, 0.3) is 46.4 Å². The molecule has 6 nitrogen and oxygen atoms in total. The highest BCUT2D eigenvalue weighted by Crippen LogP contribution is 2.21. The van der Waals surface area contributed by atoms with E-state index in [0.717, 1.165) is 27.9 Å². The molecule has 3 aromatic heterocycles. The van der Waals surface area contributed by atoms with Crippen molar-refractivity contribution >= 4 is 52.3 Å². The molecule has 2 aliphatic heterocycles. The monoisotopic (exact) mass is 354 g/mol. The van der Waals surface area contributed by atoms with Crippen molar-refractivity contribution in [2.24, 2.45) is 0 Å². The number of aromatic amines is 2. The molecule has 0 atom stereocenters. The standard InChI is InChI=1S/C21H14N4O2/c26-21(27)20-18-7-5-16(24-18)10-14-3-1-12(22-14)9-13-2-4-15(23-13)11-17-6-8-19(20)25-17/h1-11,22,25H,(H,26,27). The van der Waals surface area contributed by atoms with Crippen molar-refractivity contribution in [2.75, 3.05) is 0 Å².